The van der Waals surface area contributed by atoms with Crippen molar-refractivity contribution in [2.45, 2.75) is 50.1 Å². The summed E-state index contributed by atoms with van der Waals surface area (Å²) in [6.07, 6.45) is 9.95. The van der Waals surface area contributed by atoms with E-state index in [2.05, 4.69) is 5.43 Å². The Morgan fingerprint density at radius 2 is 2.11 bits per heavy atom. The molecule has 1 N–H and O–H groups in total. The van der Waals surface area contributed by atoms with Gasteiger partial charge < -0.3 is 0 Å². The summed E-state index contributed by atoms with van der Waals surface area (Å²) in [5.74, 6) is -0.0461. The second-order valence-corrected chi connectivity index (χ2v) is 6.15. The van der Waals surface area contributed by atoms with Gasteiger partial charge in [-0.25, -0.2) is 9.40 Å². The lowest BCUT2D eigenvalue weighted by Crippen LogP contribution is -2.44. The van der Waals surface area contributed by atoms with Crippen molar-refractivity contribution in [2.75, 3.05) is 13.1 Å². The summed E-state index contributed by atoms with van der Waals surface area (Å²) in [6.45, 7) is 1.88. The zero-order valence-corrected chi connectivity index (χ0v) is 12.0. The molecule has 5 heteroatoms. The lowest BCUT2D eigenvalue weighted by Gasteiger charge is -2.26. The molecule has 19 heavy (non-hydrogen) atoms. The van der Waals surface area contributed by atoms with E-state index >= 15 is 0 Å². The highest BCUT2D eigenvalue weighted by Gasteiger charge is 2.53. The predicted molar refractivity (Wildman–Crippen MR) is 74.4 cm³/mol. The number of hydrazine groups is 1. The largest absolute Gasteiger partial charge is 0.285 e. The number of hydrogen-bond acceptors (Lipinski definition) is 2. The highest BCUT2D eigenvalue weighted by molar-refractivity contribution is 6.24. The van der Waals surface area contributed by atoms with Gasteiger partial charge in [0, 0.05) is 31.5 Å². The van der Waals surface area contributed by atoms with Crippen molar-refractivity contribution < 1.29 is 9.18 Å². The van der Waals surface area contributed by atoms with Gasteiger partial charge in [0.15, 0.2) is 5.13 Å². The first-order chi connectivity index (χ1) is 9.08. The third kappa shape index (κ3) is 5.11. The van der Waals surface area contributed by atoms with E-state index in [0.29, 0.717) is 6.42 Å². The van der Waals surface area contributed by atoms with Crippen molar-refractivity contribution in [3.63, 3.8) is 0 Å². The summed E-state index contributed by atoms with van der Waals surface area (Å²) >= 11 is 5.52. The molecular weight excluding hydrogens is 267 g/mol. The molecule has 1 aliphatic carbocycles. The Kier molecular flexibility index (Phi) is 5.22. The zero-order valence-electron chi connectivity index (χ0n) is 11.2. The van der Waals surface area contributed by atoms with E-state index in [1.54, 1.807) is 6.08 Å². The van der Waals surface area contributed by atoms with Crippen molar-refractivity contribution in [2.24, 2.45) is 5.92 Å². The number of carbonyl (C=O) groups is 1. The number of carbonyl (C=O) groups excluding carboxylic acids is 1. The molecular formula is C14H22ClFN2O. The van der Waals surface area contributed by atoms with Crippen molar-refractivity contribution in [3.8, 4) is 0 Å². The van der Waals surface area contributed by atoms with Gasteiger partial charge in [0.25, 0.3) is 5.91 Å². The van der Waals surface area contributed by atoms with Crippen molar-refractivity contribution in [1.82, 2.24) is 10.4 Å². The first-order valence-electron chi connectivity index (χ1n) is 7.18. The van der Waals surface area contributed by atoms with Gasteiger partial charge in [0.05, 0.1) is 0 Å². The Morgan fingerprint density at radius 1 is 1.42 bits per heavy atom. The molecule has 108 valence electrons. The van der Waals surface area contributed by atoms with Crippen LogP contribution in [0.5, 0.6) is 0 Å². The number of alkyl halides is 2. The van der Waals surface area contributed by atoms with Gasteiger partial charge in [-0.05, 0) is 32.1 Å². The Bertz CT molecular complexity index is 340. The first-order valence-corrected chi connectivity index (χ1v) is 7.56. The molecule has 0 aromatic carbocycles. The molecule has 1 amide bonds. The molecule has 2 unspecified atom stereocenters. The molecule has 3 nitrogen and oxygen atoms in total. The molecule has 0 aromatic heterocycles. The monoisotopic (exact) mass is 288 g/mol. The maximum Gasteiger partial charge on any atom is 0.257 e. The summed E-state index contributed by atoms with van der Waals surface area (Å²) in [7, 11) is 0. The van der Waals surface area contributed by atoms with Crippen LogP contribution in [0.3, 0.4) is 0 Å². The van der Waals surface area contributed by atoms with Crippen molar-refractivity contribution >= 4 is 17.5 Å². The number of rotatable bonds is 6. The molecule has 1 saturated carbocycles. The topological polar surface area (TPSA) is 32.3 Å². The number of halogens is 2. The van der Waals surface area contributed by atoms with E-state index in [4.69, 9.17) is 11.6 Å². The van der Waals surface area contributed by atoms with Crippen molar-refractivity contribution in [3.05, 3.63) is 12.2 Å². The highest BCUT2D eigenvalue weighted by Crippen LogP contribution is 2.53. The molecule has 0 radical (unpaired) electrons. The van der Waals surface area contributed by atoms with Crippen molar-refractivity contribution in [1.29, 1.82) is 0 Å². The average molecular weight is 289 g/mol. The minimum atomic E-state index is -1.44. The van der Waals surface area contributed by atoms with Crippen LogP contribution in [0.15, 0.2) is 12.2 Å². The first kappa shape index (κ1) is 14.8. The minimum absolute atomic E-state index is 0.0183. The van der Waals surface area contributed by atoms with E-state index in [9.17, 15) is 9.18 Å². The third-order valence-corrected chi connectivity index (χ3v) is 4.24. The van der Waals surface area contributed by atoms with E-state index in [1.807, 2.05) is 11.1 Å². The van der Waals surface area contributed by atoms with Gasteiger partial charge in [-0.3, -0.25) is 10.2 Å². The fourth-order valence-electron chi connectivity index (χ4n) is 2.45. The van der Waals surface area contributed by atoms with Gasteiger partial charge in [-0.1, -0.05) is 24.1 Å². The lowest BCUT2D eigenvalue weighted by atomic mass is 10.1. The fourth-order valence-corrected chi connectivity index (χ4v) is 2.75. The second kappa shape index (κ2) is 6.71. The Balaban J connectivity index is 1.53. The maximum absolute atomic E-state index is 13.0. The number of allylic oxidation sites excluding steroid dienone is 1. The van der Waals surface area contributed by atoms with Gasteiger partial charge in [0.2, 0.25) is 0 Å². The van der Waals surface area contributed by atoms with Crippen LogP contribution < -0.4 is 5.43 Å². The number of unbranched alkanes of at least 4 members (excludes halogenated alkanes) is 1. The summed E-state index contributed by atoms with van der Waals surface area (Å²) in [4.78, 5) is 11.6. The van der Waals surface area contributed by atoms with E-state index < -0.39 is 5.13 Å². The summed E-state index contributed by atoms with van der Waals surface area (Å²) in [6, 6.07) is 0. The average Bonchev–Trinajstić information content (AvgIpc) is 2.98. The maximum atomic E-state index is 13.0. The summed E-state index contributed by atoms with van der Waals surface area (Å²) in [5, 5.41) is 0.542. The van der Waals surface area contributed by atoms with Crippen LogP contribution in [-0.2, 0) is 4.79 Å². The van der Waals surface area contributed by atoms with Crippen LogP contribution in [0.2, 0.25) is 0 Å². The molecule has 2 atom stereocenters. The van der Waals surface area contributed by atoms with E-state index in [0.717, 1.165) is 45.2 Å². The normalized spacial score (nSPS) is 31.6. The molecule has 0 bridgehead atoms. The van der Waals surface area contributed by atoms with Crippen LogP contribution >= 0.6 is 11.6 Å². The fraction of sp³-hybridized carbons (Fsp3) is 0.786. The number of nitrogens with one attached hydrogen (secondary N) is 1. The number of piperidine rings is 1. The second-order valence-electron chi connectivity index (χ2n) is 5.52. The van der Waals surface area contributed by atoms with E-state index in [1.165, 1.54) is 6.42 Å². The summed E-state index contributed by atoms with van der Waals surface area (Å²) < 4.78 is 13.0. The highest BCUT2D eigenvalue weighted by atomic mass is 35.5. The Morgan fingerprint density at radius 3 is 2.74 bits per heavy atom. The number of amides is 1. The van der Waals surface area contributed by atoms with Crippen LogP contribution in [0.4, 0.5) is 4.39 Å². The Labute approximate surface area is 119 Å². The predicted octanol–water partition coefficient (Wildman–Crippen LogP) is 3.15. The minimum Gasteiger partial charge on any atom is -0.285 e. The molecule has 2 fully saturated rings. The molecule has 0 aromatic rings. The van der Waals surface area contributed by atoms with Crippen LogP contribution in [0.1, 0.15) is 44.9 Å². The lowest BCUT2D eigenvalue weighted by molar-refractivity contribution is -0.121. The molecule has 1 saturated heterocycles. The van der Waals surface area contributed by atoms with Gasteiger partial charge >= 0.3 is 0 Å². The van der Waals surface area contributed by atoms with Crippen LogP contribution in [-0.4, -0.2) is 29.1 Å². The van der Waals surface area contributed by atoms with Gasteiger partial charge in [-0.2, -0.15) is 0 Å². The SMILES string of the molecule is O=C(/C=C/CCCC1CC1(F)Cl)NN1CCCCC1. The molecule has 1 heterocycles. The van der Waals surface area contributed by atoms with Gasteiger partial charge in [-0.15, -0.1) is 0 Å². The molecule has 1 aliphatic heterocycles. The molecule has 2 rings (SSSR count). The quantitative estimate of drug-likeness (QED) is 0.463. The van der Waals surface area contributed by atoms with E-state index in [-0.39, 0.29) is 11.8 Å². The summed E-state index contributed by atoms with van der Waals surface area (Å²) in [5.41, 5.74) is 2.87. The van der Waals surface area contributed by atoms with Crippen LogP contribution in [0.25, 0.3) is 0 Å². The smallest absolute Gasteiger partial charge is 0.257 e. The molecule has 2 aliphatic rings. The Hall–Kier alpha value is -0.610. The standard InChI is InChI=1S/C14H22ClFN2O/c15-14(16)11-12(14)7-3-1-4-8-13(19)17-18-9-5-2-6-10-18/h4,8,12H,1-3,5-7,9-11H2,(H,17,19)/b8-4+. The zero-order chi connectivity index (χ0) is 13.7. The van der Waals surface area contributed by atoms with Gasteiger partial charge in [0.1, 0.15) is 0 Å². The van der Waals surface area contributed by atoms with Crippen LogP contribution in [0, 0.1) is 5.92 Å². The number of hydrogen-bond donors (Lipinski definition) is 1. The third-order valence-electron chi connectivity index (χ3n) is 3.77. The number of nitrogens with zero attached hydrogens (tertiary/aromatic N) is 1. The molecule has 0 spiro atoms.